The van der Waals surface area contributed by atoms with Gasteiger partial charge in [0.05, 0.1) is 0 Å². The highest BCUT2D eigenvalue weighted by molar-refractivity contribution is 7.07. The van der Waals surface area contributed by atoms with Crippen molar-refractivity contribution in [3.8, 4) is 0 Å². The van der Waals surface area contributed by atoms with Crippen LogP contribution in [0.5, 0.6) is 0 Å². The molecule has 1 aliphatic heterocycles. The van der Waals surface area contributed by atoms with E-state index in [1.54, 1.807) is 16.5 Å². The Bertz CT molecular complexity index is 364. The summed E-state index contributed by atoms with van der Waals surface area (Å²) < 4.78 is 1.45. The Hall–Kier alpha value is -1.10. The van der Waals surface area contributed by atoms with Crippen molar-refractivity contribution in [3.63, 3.8) is 0 Å². The fourth-order valence-electron chi connectivity index (χ4n) is 1.22. The van der Waals surface area contributed by atoms with Gasteiger partial charge in [-0.25, -0.2) is 0 Å². The Morgan fingerprint density at radius 1 is 1.54 bits per heavy atom. The van der Waals surface area contributed by atoms with Gasteiger partial charge in [-0.1, -0.05) is 11.3 Å². The lowest BCUT2D eigenvalue weighted by molar-refractivity contribution is -0.135. The summed E-state index contributed by atoms with van der Waals surface area (Å²) in [5, 5.41) is 1.70. The van der Waals surface area contributed by atoms with Crippen molar-refractivity contribution in [2.24, 2.45) is 0 Å². The van der Waals surface area contributed by atoms with Crippen molar-refractivity contribution in [2.75, 3.05) is 13.1 Å². The number of likely N-dealkylation sites (tertiary alicyclic amines) is 1. The van der Waals surface area contributed by atoms with Gasteiger partial charge in [0.25, 0.3) is 0 Å². The highest BCUT2D eigenvalue weighted by atomic mass is 32.1. The average molecular weight is 198 g/mol. The molecule has 0 N–H and O–H groups in total. The maximum Gasteiger partial charge on any atom is 0.307 e. The minimum Gasteiger partial charge on any atom is -0.341 e. The van der Waals surface area contributed by atoms with Crippen molar-refractivity contribution in [1.29, 1.82) is 0 Å². The first-order chi connectivity index (χ1) is 6.27. The molecule has 0 bridgehead atoms. The second-order valence-corrected chi connectivity index (χ2v) is 3.89. The fraction of sp³-hybridized carbons (Fsp3) is 0.500. The van der Waals surface area contributed by atoms with E-state index in [9.17, 15) is 9.59 Å². The minimum absolute atomic E-state index is 0.0479. The molecule has 1 aliphatic rings. The van der Waals surface area contributed by atoms with Gasteiger partial charge in [0.1, 0.15) is 6.54 Å². The first-order valence-corrected chi connectivity index (χ1v) is 5.07. The summed E-state index contributed by atoms with van der Waals surface area (Å²) in [4.78, 5) is 24.2. The van der Waals surface area contributed by atoms with Gasteiger partial charge in [0, 0.05) is 24.7 Å². The van der Waals surface area contributed by atoms with Gasteiger partial charge in [-0.2, -0.15) is 0 Å². The topological polar surface area (TPSA) is 42.3 Å². The monoisotopic (exact) mass is 198 g/mol. The first-order valence-electron chi connectivity index (χ1n) is 4.19. The van der Waals surface area contributed by atoms with Gasteiger partial charge in [-0.3, -0.25) is 14.2 Å². The molecule has 1 saturated heterocycles. The summed E-state index contributed by atoms with van der Waals surface area (Å²) >= 11 is 1.12. The zero-order valence-corrected chi connectivity index (χ0v) is 7.92. The number of hydrogen-bond acceptors (Lipinski definition) is 3. The van der Waals surface area contributed by atoms with Crippen LogP contribution in [0.1, 0.15) is 6.42 Å². The van der Waals surface area contributed by atoms with Crippen LogP contribution in [-0.4, -0.2) is 28.5 Å². The normalized spacial score (nSPS) is 15.5. The van der Waals surface area contributed by atoms with Crippen LogP contribution < -0.4 is 4.87 Å². The van der Waals surface area contributed by atoms with E-state index in [4.69, 9.17) is 0 Å². The van der Waals surface area contributed by atoms with E-state index >= 15 is 0 Å². The number of thiazole rings is 1. The van der Waals surface area contributed by atoms with Crippen LogP contribution in [0.15, 0.2) is 16.4 Å². The molecule has 70 valence electrons. The number of amides is 1. The molecule has 0 spiro atoms. The molecule has 0 aliphatic carbocycles. The molecule has 0 unspecified atom stereocenters. The molecule has 1 aromatic heterocycles. The van der Waals surface area contributed by atoms with Crippen LogP contribution >= 0.6 is 11.3 Å². The van der Waals surface area contributed by atoms with E-state index in [0.717, 1.165) is 30.8 Å². The molecule has 5 heteroatoms. The molecule has 1 amide bonds. The summed E-state index contributed by atoms with van der Waals surface area (Å²) in [5.41, 5.74) is 0. The molecule has 4 nitrogen and oxygen atoms in total. The fourth-order valence-corrected chi connectivity index (χ4v) is 1.80. The van der Waals surface area contributed by atoms with Crippen molar-refractivity contribution in [1.82, 2.24) is 9.47 Å². The largest absolute Gasteiger partial charge is 0.341 e. The zero-order chi connectivity index (χ0) is 9.26. The van der Waals surface area contributed by atoms with Crippen molar-refractivity contribution in [3.05, 3.63) is 21.2 Å². The summed E-state index contributed by atoms with van der Waals surface area (Å²) in [6.45, 7) is 1.89. The summed E-state index contributed by atoms with van der Waals surface area (Å²) in [7, 11) is 0. The SMILES string of the molecule is O=C(Cn1ccsc1=O)N1CCC1. The Morgan fingerprint density at radius 2 is 2.31 bits per heavy atom. The number of hydrogen-bond donors (Lipinski definition) is 0. The van der Waals surface area contributed by atoms with Crippen molar-refractivity contribution < 1.29 is 4.79 Å². The van der Waals surface area contributed by atoms with Gasteiger partial charge in [0.15, 0.2) is 0 Å². The number of aromatic nitrogens is 1. The van der Waals surface area contributed by atoms with Gasteiger partial charge < -0.3 is 4.90 Å². The maximum atomic E-state index is 11.4. The smallest absolute Gasteiger partial charge is 0.307 e. The summed E-state index contributed by atoms with van der Waals surface area (Å²) in [6, 6.07) is 0. The summed E-state index contributed by atoms with van der Waals surface area (Å²) in [6.07, 6.45) is 2.75. The predicted octanol–water partition coefficient (Wildman–Crippen LogP) is 0.142. The molecule has 0 radical (unpaired) electrons. The third kappa shape index (κ3) is 1.65. The number of carbonyl (C=O) groups excluding carboxylic acids is 1. The molecule has 0 saturated carbocycles. The van der Waals surface area contributed by atoms with Crippen LogP contribution in [0.25, 0.3) is 0 Å². The lowest BCUT2D eigenvalue weighted by atomic mass is 10.2. The zero-order valence-electron chi connectivity index (χ0n) is 7.10. The average Bonchev–Trinajstić information content (AvgIpc) is 2.32. The van der Waals surface area contributed by atoms with Gasteiger partial charge >= 0.3 is 4.87 Å². The van der Waals surface area contributed by atoms with Gasteiger partial charge in [0.2, 0.25) is 5.91 Å². The van der Waals surface area contributed by atoms with E-state index in [-0.39, 0.29) is 17.3 Å². The Kier molecular flexibility index (Phi) is 2.18. The standard InChI is InChI=1S/C8H10N2O2S/c11-7(9-2-1-3-9)6-10-4-5-13-8(10)12/h4-5H,1-3,6H2. The lowest BCUT2D eigenvalue weighted by Crippen LogP contribution is -2.44. The molecule has 2 rings (SSSR count). The Balaban J connectivity index is 2.01. The Morgan fingerprint density at radius 3 is 2.77 bits per heavy atom. The van der Waals surface area contributed by atoms with Crippen LogP contribution in [0.3, 0.4) is 0 Å². The van der Waals surface area contributed by atoms with Gasteiger partial charge in [-0.05, 0) is 6.42 Å². The van der Waals surface area contributed by atoms with E-state index in [2.05, 4.69) is 0 Å². The minimum atomic E-state index is -0.0612. The molecule has 1 aromatic rings. The van der Waals surface area contributed by atoms with Crippen molar-refractivity contribution in [2.45, 2.75) is 13.0 Å². The second kappa shape index (κ2) is 3.33. The number of carbonyl (C=O) groups is 1. The second-order valence-electron chi connectivity index (χ2n) is 3.03. The molecule has 2 heterocycles. The Labute approximate surface area is 79.4 Å². The van der Waals surface area contributed by atoms with Crippen molar-refractivity contribution >= 4 is 17.2 Å². The first kappa shape index (κ1) is 8.50. The molecule has 13 heavy (non-hydrogen) atoms. The highest BCUT2D eigenvalue weighted by Gasteiger charge is 2.20. The van der Waals surface area contributed by atoms with E-state index in [1.807, 2.05) is 0 Å². The summed E-state index contributed by atoms with van der Waals surface area (Å²) in [5.74, 6) is 0.0479. The molecule has 0 atom stereocenters. The van der Waals surface area contributed by atoms with Crippen LogP contribution in [-0.2, 0) is 11.3 Å². The molecule has 0 aromatic carbocycles. The van der Waals surface area contributed by atoms with Crippen LogP contribution in [0.2, 0.25) is 0 Å². The molecular formula is C8H10N2O2S. The van der Waals surface area contributed by atoms with E-state index < -0.39 is 0 Å². The number of rotatable bonds is 2. The van der Waals surface area contributed by atoms with E-state index in [1.165, 1.54) is 4.57 Å². The van der Waals surface area contributed by atoms with E-state index in [0.29, 0.717) is 0 Å². The highest BCUT2D eigenvalue weighted by Crippen LogP contribution is 2.06. The lowest BCUT2D eigenvalue weighted by Gasteiger charge is -2.30. The van der Waals surface area contributed by atoms with Gasteiger partial charge in [-0.15, -0.1) is 0 Å². The molecular weight excluding hydrogens is 188 g/mol. The third-order valence-electron chi connectivity index (χ3n) is 2.16. The third-order valence-corrected chi connectivity index (χ3v) is 2.85. The molecule has 1 fully saturated rings. The van der Waals surface area contributed by atoms with Crippen LogP contribution in [0.4, 0.5) is 0 Å². The van der Waals surface area contributed by atoms with Crippen LogP contribution in [0, 0.1) is 0 Å². The maximum absolute atomic E-state index is 11.4. The number of nitrogens with zero attached hydrogens (tertiary/aromatic N) is 2. The quantitative estimate of drug-likeness (QED) is 0.678. The predicted molar refractivity (Wildman–Crippen MR) is 49.8 cm³/mol.